The quantitative estimate of drug-likeness (QED) is 0.750. The first-order valence-corrected chi connectivity index (χ1v) is 9.24. The maximum Gasteiger partial charge on any atom is 0.330 e. The molecule has 0 aliphatic carbocycles. The Morgan fingerprint density at radius 2 is 1.88 bits per heavy atom. The van der Waals surface area contributed by atoms with Crippen LogP contribution in [0.5, 0.6) is 0 Å². The highest BCUT2D eigenvalue weighted by atomic mass is 32.2. The third-order valence-corrected chi connectivity index (χ3v) is 6.12. The standard InChI is InChI=1S/C15H23N5O4S/c1-10-12(11(2)17-16-10)7-6-8-19(4)25(23,24)13-9-18(3)15(22)20(5)14(13)21/h9H,6-8H2,1-5H3,(H,16,17). The molecule has 0 atom stereocenters. The molecule has 1 N–H and O–H groups in total. The smallest absolute Gasteiger partial charge is 0.302 e. The molecule has 2 rings (SSSR count). The van der Waals surface area contributed by atoms with Gasteiger partial charge in [0.25, 0.3) is 5.56 Å². The van der Waals surface area contributed by atoms with Crippen molar-refractivity contribution in [2.24, 2.45) is 14.1 Å². The van der Waals surface area contributed by atoms with Gasteiger partial charge in [-0.1, -0.05) is 0 Å². The molecule has 0 radical (unpaired) electrons. The number of aromatic amines is 1. The third-order valence-electron chi connectivity index (χ3n) is 4.28. The van der Waals surface area contributed by atoms with Crippen molar-refractivity contribution >= 4 is 10.0 Å². The van der Waals surface area contributed by atoms with Gasteiger partial charge in [-0.2, -0.15) is 5.10 Å². The van der Waals surface area contributed by atoms with Crippen LogP contribution in [0, 0.1) is 13.8 Å². The Kier molecular flexibility index (Phi) is 5.33. The molecule has 9 nitrogen and oxygen atoms in total. The Morgan fingerprint density at radius 3 is 2.44 bits per heavy atom. The summed E-state index contributed by atoms with van der Waals surface area (Å²) < 4.78 is 28.4. The maximum atomic E-state index is 12.7. The van der Waals surface area contributed by atoms with Crippen LogP contribution < -0.4 is 11.2 Å². The van der Waals surface area contributed by atoms with E-state index in [9.17, 15) is 18.0 Å². The molecule has 0 saturated heterocycles. The summed E-state index contributed by atoms with van der Waals surface area (Å²) in [6, 6.07) is 0. The summed E-state index contributed by atoms with van der Waals surface area (Å²) in [6.45, 7) is 4.07. The topological polar surface area (TPSA) is 110 Å². The monoisotopic (exact) mass is 369 g/mol. The van der Waals surface area contributed by atoms with E-state index in [2.05, 4.69) is 10.2 Å². The summed E-state index contributed by atoms with van der Waals surface area (Å²) in [5.74, 6) is 0. The zero-order valence-corrected chi connectivity index (χ0v) is 15.8. The molecule has 0 saturated carbocycles. The SMILES string of the molecule is Cc1n[nH]c(C)c1CCCN(C)S(=O)(=O)c1cn(C)c(=O)n(C)c1=O. The van der Waals surface area contributed by atoms with Crippen molar-refractivity contribution in [2.45, 2.75) is 31.6 Å². The van der Waals surface area contributed by atoms with Gasteiger partial charge in [-0.15, -0.1) is 0 Å². The first-order chi connectivity index (χ1) is 11.6. The Labute approximate surface area is 146 Å². The molecule has 2 aromatic rings. The second-order valence-corrected chi connectivity index (χ2v) is 8.11. The van der Waals surface area contributed by atoms with Gasteiger partial charge in [0.05, 0.1) is 5.69 Å². The number of aryl methyl sites for hydroxylation is 3. The largest absolute Gasteiger partial charge is 0.330 e. The summed E-state index contributed by atoms with van der Waals surface area (Å²) in [5.41, 5.74) is 1.54. The van der Waals surface area contributed by atoms with Crippen LogP contribution in [0.25, 0.3) is 0 Å². The molecule has 25 heavy (non-hydrogen) atoms. The van der Waals surface area contributed by atoms with Crippen molar-refractivity contribution in [2.75, 3.05) is 13.6 Å². The van der Waals surface area contributed by atoms with Crippen LogP contribution in [-0.2, 0) is 30.5 Å². The highest BCUT2D eigenvalue weighted by molar-refractivity contribution is 7.89. The van der Waals surface area contributed by atoms with E-state index in [0.717, 1.165) is 36.6 Å². The van der Waals surface area contributed by atoms with Gasteiger partial charge in [-0.3, -0.25) is 14.5 Å². The minimum Gasteiger partial charge on any atom is -0.302 e. The van der Waals surface area contributed by atoms with Gasteiger partial charge >= 0.3 is 5.69 Å². The van der Waals surface area contributed by atoms with Crippen LogP contribution in [0.2, 0.25) is 0 Å². The molecule has 2 heterocycles. The average molecular weight is 369 g/mol. The number of rotatable bonds is 6. The first-order valence-electron chi connectivity index (χ1n) is 7.80. The average Bonchev–Trinajstić information content (AvgIpc) is 2.87. The van der Waals surface area contributed by atoms with E-state index in [-0.39, 0.29) is 6.54 Å². The minimum absolute atomic E-state index is 0.248. The summed E-state index contributed by atoms with van der Waals surface area (Å²) in [4.78, 5) is 23.5. The highest BCUT2D eigenvalue weighted by Gasteiger charge is 2.26. The lowest BCUT2D eigenvalue weighted by molar-refractivity contribution is 0.457. The predicted molar refractivity (Wildman–Crippen MR) is 93.1 cm³/mol. The summed E-state index contributed by atoms with van der Waals surface area (Å²) >= 11 is 0. The number of nitrogens with zero attached hydrogens (tertiary/aromatic N) is 4. The van der Waals surface area contributed by atoms with E-state index in [1.807, 2.05) is 13.8 Å². The van der Waals surface area contributed by atoms with Crippen LogP contribution in [-0.4, -0.2) is 45.6 Å². The van der Waals surface area contributed by atoms with Crippen molar-refractivity contribution in [3.05, 3.63) is 44.0 Å². The number of hydrogen-bond donors (Lipinski definition) is 1. The van der Waals surface area contributed by atoms with Gasteiger partial charge in [0.2, 0.25) is 10.0 Å². The Bertz CT molecular complexity index is 980. The molecular formula is C15H23N5O4S. The maximum absolute atomic E-state index is 12.7. The van der Waals surface area contributed by atoms with E-state index >= 15 is 0 Å². The first kappa shape index (κ1) is 19.1. The van der Waals surface area contributed by atoms with Crippen molar-refractivity contribution in [1.29, 1.82) is 0 Å². The number of nitrogens with one attached hydrogen (secondary N) is 1. The lowest BCUT2D eigenvalue weighted by Gasteiger charge is -2.17. The molecule has 0 unspecified atom stereocenters. The molecule has 0 aliphatic heterocycles. The Hall–Kier alpha value is -2.20. The van der Waals surface area contributed by atoms with Crippen LogP contribution >= 0.6 is 0 Å². The second kappa shape index (κ2) is 6.96. The van der Waals surface area contributed by atoms with E-state index in [1.165, 1.54) is 21.1 Å². The van der Waals surface area contributed by atoms with Gasteiger partial charge in [-0.05, 0) is 32.3 Å². The summed E-state index contributed by atoms with van der Waals surface area (Å²) in [7, 11) is 0.116. The van der Waals surface area contributed by atoms with E-state index in [0.29, 0.717) is 12.8 Å². The number of aromatic nitrogens is 4. The van der Waals surface area contributed by atoms with Gasteiger partial charge in [0, 0.05) is 39.6 Å². The predicted octanol–water partition coefficient (Wildman–Crippen LogP) is -0.323. The highest BCUT2D eigenvalue weighted by Crippen LogP contribution is 2.14. The van der Waals surface area contributed by atoms with Crippen LogP contribution in [0.4, 0.5) is 0 Å². The van der Waals surface area contributed by atoms with Crippen molar-refractivity contribution < 1.29 is 8.42 Å². The molecule has 2 aromatic heterocycles. The van der Waals surface area contributed by atoms with Gasteiger partial charge in [0.1, 0.15) is 0 Å². The van der Waals surface area contributed by atoms with E-state index in [4.69, 9.17) is 0 Å². The Balaban J connectivity index is 2.20. The van der Waals surface area contributed by atoms with E-state index < -0.39 is 26.2 Å². The fourth-order valence-electron chi connectivity index (χ4n) is 2.66. The minimum atomic E-state index is -3.98. The molecule has 0 aromatic carbocycles. The molecule has 0 fully saturated rings. The fourth-order valence-corrected chi connectivity index (χ4v) is 4.02. The van der Waals surface area contributed by atoms with E-state index in [1.54, 1.807) is 0 Å². The fraction of sp³-hybridized carbons (Fsp3) is 0.533. The van der Waals surface area contributed by atoms with Crippen LogP contribution in [0.3, 0.4) is 0 Å². The number of sulfonamides is 1. The van der Waals surface area contributed by atoms with Crippen LogP contribution in [0.1, 0.15) is 23.4 Å². The second-order valence-electron chi connectivity index (χ2n) is 6.09. The molecule has 0 amide bonds. The lowest BCUT2D eigenvalue weighted by atomic mass is 10.1. The Morgan fingerprint density at radius 1 is 1.24 bits per heavy atom. The van der Waals surface area contributed by atoms with Crippen molar-refractivity contribution in [3.63, 3.8) is 0 Å². The van der Waals surface area contributed by atoms with Crippen LogP contribution in [0.15, 0.2) is 20.7 Å². The molecular weight excluding hydrogens is 346 g/mol. The van der Waals surface area contributed by atoms with Crippen molar-refractivity contribution in [1.82, 2.24) is 23.6 Å². The zero-order chi connectivity index (χ0) is 18.9. The number of hydrogen-bond acceptors (Lipinski definition) is 5. The zero-order valence-electron chi connectivity index (χ0n) is 15.0. The third kappa shape index (κ3) is 3.59. The van der Waals surface area contributed by atoms with Crippen molar-refractivity contribution in [3.8, 4) is 0 Å². The molecule has 0 spiro atoms. The molecule has 0 aliphatic rings. The summed E-state index contributed by atoms with van der Waals surface area (Å²) in [6.07, 6.45) is 2.34. The number of H-pyrrole nitrogens is 1. The lowest BCUT2D eigenvalue weighted by Crippen LogP contribution is -2.42. The van der Waals surface area contributed by atoms with Gasteiger partial charge < -0.3 is 4.57 Å². The van der Waals surface area contributed by atoms with Gasteiger partial charge in [-0.25, -0.2) is 17.5 Å². The molecule has 138 valence electrons. The molecule has 0 bridgehead atoms. The normalized spacial score (nSPS) is 12.1. The van der Waals surface area contributed by atoms with Gasteiger partial charge in [0.15, 0.2) is 4.90 Å². The summed E-state index contributed by atoms with van der Waals surface area (Å²) in [5, 5.41) is 7.01. The molecule has 10 heteroatoms.